The van der Waals surface area contributed by atoms with Crippen LogP contribution in [0.15, 0.2) is 23.1 Å². The molecule has 1 aromatic rings. The minimum Gasteiger partial charge on any atom is -0.493 e. The van der Waals surface area contributed by atoms with Crippen molar-refractivity contribution in [2.24, 2.45) is 5.92 Å². The van der Waals surface area contributed by atoms with Crippen LogP contribution in [0, 0.1) is 5.92 Å². The summed E-state index contributed by atoms with van der Waals surface area (Å²) in [5.41, 5.74) is 0. The first-order chi connectivity index (χ1) is 12.8. The molecule has 1 atom stereocenters. The van der Waals surface area contributed by atoms with Crippen LogP contribution in [0.2, 0.25) is 0 Å². The first-order valence-electron chi connectivity index (χ1n) is 8.85. The molecule has 1 heterocycles. The highest BCUT2D eigenvalue weighted by atomic mass is 32.2. The SMILES string of the molecule is COC[C@H](C)NC(=O)C1CCN(S(=O)(=O)c2ccc(OC)c(OC)c2)CC1. The molecule has 0 aromatic heterocycles. The summed E-state index contributed by atoms with van der Waals surface area (Å²) in [7, 11) is 0.886. The normalized spacial score (nSPS) is 17.3. The molecule has 0 bridgehead atoms. The average molecular weight is 400 g/mol. The molecule has 1 aliphatic heterocycles. The lowest BCUT2D eigenvalue weighted by Crippen LogP contribution is -2.45. The van der Waals surface area contributed by atoms with Crippen LogP contribution in [-0.2, 0) is 19.6 Å². The second kappa shape index (κ2) is 9.38. The van der Waals surface area contributed by atoms with Gasteiger partial charge in [0.2, 0.25) is 15.9 Å². The van der Waals surface area contributed by atoms with Crippen molar-refractivity contribution in [3.8, 4) is 11.5 Å². The number of nitrogens with zero attached hydrogens (tertiary/aromatic N) is 1. The highest BCUT2D eigenvalue weighted by Crippen LogP contribution is 2.32. The minimum absolute atomic E-state index is 0.0530. The van der Waals surface area contributed by atoms with Crippen molar-refractivity contribution in [1.29, 1.82) is 0 Å². The zero-order chi connectivity index (χ0) is 20.0. The quantitative estimate of drug-likeness (QED) is 0.706. The van der Waals surface area contributed by atoms with Crippen LogP contribution in [0.3, 0.4) is 0 Å². The van der Waals surface area contributed by atoms with Gasteiger partial charge in [0.1, 0.15) is 0 Å². The number of hydrogen-bond acceptors (Lipinski definition) is 6. The Kier molecular flexibility index (Phi) is 7.46. The van der Waals surface area contributed by atoms with E-state index in [1.54, 1.807) is 13.2 Å². The maximum Gasteiger partial charge on any atom is 0.243 e. The predicted molar refractivity (Wildman–Crippen MR) is 101 cm³/mol. The Hall–Kier alpha value is -1.84. The molecule has 0 saturated carbocycles. The lowest BCUT2D eigenvalue weighted by molar-refractivity contribution is -0.127. The van der Waals surface area contributed by atoms with Crippen LogP contribution in [0.1, 0.15) is 19.8 Å². The van der Waals surface area contributed by atoms with Crippen LogP contribution < -0.4 is 14.8 Å². The Morgan fingerprint density at radius 1 is 1.19 bits per heavy atom. The van der Waals surface area contributed by atoms with Gasteiger partial charge >= 0.3 is 0 Å². The first-order valence-corrected chi connectivity index (χ1v) is 10.3. The highest BCUT2D eigenvalue weighted by molar-refractivity contribution is 7.89. The molecule has 0 radical (unpaired) electrons. The smallest absolute Gasteiger partial charge is 0.243 e. The molecule has 2 rings (SSSR count). The minimum atomic E-state index is -3.65. The Bertz CT molecular complexity index is 744. The summed E-state index contributed by atoms with van der Waals surface area (Å²) < 4.78 is 42.6. The summed E-state index contributed by atoms with van der Waals surface area (Å²) in [6.07, 6.45) is 0.968. The maximum atomic E-state index is 12.9. The Labute approximate surface area is 160 Å². The second-order valence-corrected chi connectivity index (χ2v) is 8.50. The number of sulfonamides is 1. The summed E-state index contributed by atoms with van der Waals surface area (Å²) in [6.45, 7) is 2.91. The number of amides is 1. The zero-order valence-corrected chi connectivity index (χ0v) is 17.0. The fourth-order valence-electron chi connectivity index (χ4n) is 3.14. The zero-order valence-electron chi connectivity index (χ0n) is 16.2. The number of piperidine rings is 1. The van der Waals surface area contributed by atoms with E-state index >= 15 is 0 Å². The van der Waals surface area contributed by atoms with Crippen LogP contribution in [0.5, 0.6) is 11.5 Å². The topological polar surface area (TPSA) is 94.2 Å². The molecule has 0 aliphatic carbocycles. The van der Waals surface area contributed by atoms with Crippen LogP contribution >= 0.6 is 0 Å². The van der Waals surface area contributed by atoms with E-state index in [9.17, 15) is 13.2 Å². The molecule has 1 aliphatic rings. The van der Waals surface area contributed by atoms with E-state index in [0.717, 1.165) is 0 Å². The van der Waals surface area contributed by atoms with Gasteiger partial charge in [0, 0.05) is 38.2 Å². The van der Waals surface area contributed by atoms with Crippen molar-refractivity contribution < 1.29 is 27.4 Å². The van der Waals surface area contributed by atoms with Gasteiger partial charge in [-0.05, 0) is 31.9 Å². The summed E-state index contributed by atoms with van der Waals surface area (Å²) in [6, 6.07) is 4.46. The number of hydrogen-bond donors (Lipinski definition) is 1. The maximum absolute atomic E-state index is 12.9. The molecule has 8 nitrogen and oxygen atoms in total. The molecule has 1 amide bonds. The first kappa shape index (κ1) is 21.5. The van der Waals surface area contributed by atoms with E-state index in [2.05, 4.69) is 5.32 Å². The Morgan fingerprint density at radius 3 is 2.37 bits per heavy atom. The molecule has 9 heteroatoms. The molecule has 1 N–H and O–H groups in total. The molecule has 0 unspecified atom stereocenters. The van der Waals surface area contributed by atoms with Crippen molar-refractivity contribution >= 4 is 15.9 Å². The summed E-state index contributed by atoms with van der Waals surface area (Å²) >= 11 is 0. The third-order valence-electron chi connectivity index (χ3n) is 4.62. The molecule has 1 fully saturated rings. The number of carbonyl (C=O) groups excluding carboxylic acids is 1. The van der Waals surface area contributed by atoms with Crippen molar-refractivity contribution in [3.05, 3.63) is 18.2 Å². The second-order valence-electron chi connectivity index (χ2n) is 6.56. The van der Waals surface area contributed by atoms with Gasteiger partial charge in [-0.1, -0.05) is 0 Å². The summed E-state index contributed by atoms with van der Waals surface area (Å²) in [5.74, 6) is 0.584. The Balaban J connectivity index is 2.03. The monoisotopic (exact) mass is 400 g/mol. The van der Waals surface area contributed by atoms with Gasteiger partial charge in [-0.15, -0.1) is 0 Å². The number of carbonyl (C=O) groups is 1. The van der Waals surface area contributed by atoms with E-state index in [-0.39, 0.29) is 22.8 Å². The van der Waals surface area contributed by atoms with Gasteiger partial charge in [0.25, 0.3) is 0 Å². The number of ether oxygens (including phenoxy) is 3. The van der Waals surface area contributed by atoms with Crippen molar-refractivity contribution in [1.82, 2.24) is 9.62 Å². The number of benzene rings is 1. The largest absolute Gasteiger partial charge is 0.493 e. The van der Waals surface area contributed by atoms with Gasteiger partial charge in [-0.25, -0.2) is 8.42 Å². The third kappa shape index (κ3) is 5.12. The van der Waals surface area contributed by atoms with Crippen molar-refractivity contribution in [2.45, 2.75) is 30.7 Å². The Morgan fingerprint density at radius 2 is 1.81 bits per heavy atom. The number of nitrogens with one attached hydrogen (secondary N) is 1. The number of methoxy groups -OCH3 is 3. The molecule has 1 aromatic carbocycles. The van der Waals surface area contributed by atoms with Gasteiger partial charge in [0.05, 0.1) is 25.7 Å². The molecule has 152 valence electrons. The van der Waals surface area contributed by atoms with Crippen molar-refractivity contribution in [2.75, 3.05) is 41.0 Å². The van der Waals surface area contributed by atoms with Gasteiger partial charge in [0.15, 0.2) is 11.5 Å². The van der Waals surface area contributed by atoms with Gasteiger partial charge in [-0.2, -0.15) is 4.31 Å². The number of rotatable bonds is 8. The lowest BCUT2D eigenvalue weighted by Gasteiger charge is -2.31. The highest BCUT2D eigenvalue weighted by Gasteiger charge is 2.32. The van der Waals surface area contributed by atoms with Gasteiger partial charge in [-0.3, -0.25) is 4.79 Å². The average Bonchev–Trinajstić information content (AvgIpc) is 2.67. The van der Waals surface area contributed by atoms with Crippen LogP contribution in [0.4, 0.5) is 0 Å². The van der Waals surface area contributed by atoms with E-state index in [0.29, 0.717) is 44.0 Å². The van der Waals surface area contributed by atoms with Crippen LogP contribution in [0.25, 0.3) is 0 Å². The van der Waals surface area contributed by atoms with Gasteiger partial charge < -0.3 is 19.5 Å². The fourth-order valence-corrected chi connectivity index (χ4v) is 4.62. The van der Waals surface area contributed by atoms with E-state index in [1.165, 1.54) is 30.7 Å². The van der Waals surface area contributed by atoms with Crippen LogP contribution in [-0.4, -0.2) is 65.7 Å². The van der Waals surface area contributed by atoms with E-state index < -0.39 is 10.0 Å². The molecular weight excluding hydrogens is 372 g/mol. The lowest BCUT2D eigenvalue weighted by atomic mass is 9.97. The standard InChI is InChI=1S/C18H28N2O6S/c1-13(12-24-2)19-18(21)14-7-9-20(10-8-14)27(22,23)15-5-6-16(25-3)17(11-15)26-4/h5-6,11,13-14H,7-10,12H2,1-4H3,(H,19,21)/t13-/m0/s1. The molecule has 27 heavy (non-hydrogen) atoms. The fraction of sp³-hybridized carbons (Fsp3) is 0.611. The summed E-state index contributed by atoms with van der Waals surface area (Å²) in [4.78, 5) is 12.4. The summed E-state index contributed by atoms with van der Waals surface area (Å²) in [5, 5.41) is 2.90. The predicted octanol–water partition coefficient (Wildman–Crippen LogP) is 1.26. The molecule has 1 saturated heterocycles. The van der Waals surface area contributed by atoms with Crippen molar-refractivity contribution in [3.63, 3.8) is 0 Å². The molecular formula is C18H28N2O6S. The van der Waals surface area contributed by atoms with E-state index in [4.69, 9.17) is 14.2 Å². The third-order valence-corrected chi connectivity index (χ3v) is 6.52. The van der Waals surface area contributed by atoms with E-state index in [1.807, 2.05) is 6.92 Å². The molecule has 0 spiro atoms.